The fourth-order valence-corrected chi connectivity index (χ4v) is 2.05. The molecule has 0 amide bonds. The van der Waals surface area contributed by atoms with E-state index >= 15 is 0 Å². The van der Waals surface area contributed by atoms with Crippen molar-refractivity contribution in [2.45, 2.75) is 40.5 Å². The van der Waals surface area contributed by atoms with Gasteiger partial charge in [0.25, 0.3) is 0 Å². The molecule has 4 heteroatoms. The number of hydrogen-bond acceptors (Lipinski definition) is 0. The van der Waals surface area contributed by atoms with Gasteiger partial charge < -0.3 is 7.43 Å². The van der Waals surface area contributed by atoms with Gasteiger partial charge in [0.15, 0.2) is 0 Å². The van der Waals surface area contributed by atoms with Gasteiger partial charge in [-0.2, -0.15) is 12.2 Å². The van der Waals surface area contributed by atoms with Crippen LogP contribution in [0, 0.1) is 19.6 Å². The third-order valence-electron chi connectivity index (χ3n) is 3.58. The minimum Gasteiger partial charge on any atom is -0.358 e. The molecular weight excluding hydrogens is 442 g/mol. The Kier molecular flexibility index (Phi) is 24.3. The van der Waals surface area contributed by atoms with Crippen LogP contribution in [0.3, 0.4) is 0 Å². The second kappa shape index (κ2) is 18.6. The minimum atomic E-state index is 0. The van der Waals surface area contributed by atoms with E-state index < -0.39 is 0 Å². The van der Waals surface area contributed by atoms with Gasteiger partial charge in [0, 0.05) is 10.2 Å². The molecule has 0 bridgehead atoms. The first-order valence-electron chi connectivity index (χ1n) is 7.37. The second-order valence-electron chi connectivity index (χ2n) is 5.27. The van der Waals surface area contributed by atoms with Gasteiger partial charge in [0.2, 0.25) is 0 Å². The van der Waals surface area contributed by atoms with Crippen molar-refractivity contribution in [3.63, 3.8) is 0 Å². The largest absolute Gasteiger partial charge is 3.00 e. The quantitative estimate of drug-likeness (QED) is 0.350. The fraction of sp³-hybridized carbons (Fsp3) is 0.286. The molecule has 2 aliphatic carbocycles. The van der Waals surface area contributed by atoms with Crippen molar-refractivity contribution in [1.82, 2.24) is 0 Å². The average molecular weight is 473 g/mol. The molecule has 0 saturated heterocycles. The van der Waals surface area contributed by atoms with Crippen molar-refractivity contribution in [1.29, 1.82) is 0 Å². The molecule has 0 saturated carbocycles. The number of allylic oxidation sites excluding steroid dienone is 8. The topological polar surface area (TPSA) is 0 Å². The monoisotopic (exact) mass is 470 g/mol. The molecule has 0 unspecified atom stereocenters. The smallest absolute Gasteiger partial charge is 0.358 e. The SMILES string of the molecule is CC1=[C-]CC=C1C.CC1=[C-]CC=C1C.Cl.Cl.[CH3-].[SiH2]c1ccccc1.[Zr+3]. The van der Waals surface area contributed by atoms with Gasteiger partial charge in [-0.3, -0.25) is 12.2 Å². The van der Waals surface area contributed by atoms with Crippen LogP contribution in [-0.4, -0.2) is 10.2 Å². The summed E-state index contributed by atoms with van der Waals surface area (Å²) in [6, 6.07) is 10.3. The van der Waals surface area contributed by atoms with Crippen LogP contribution in [0.25, 0.3) is 0 Å². The number of rotatable bonds is 0. The Hall–Kier alpha value is -0.140. The maximum Gasteiger partial charge on any atom is 3.00 e. The van der Waals surface area contributed by atoms with E-state index in [1.54, 1.807) is 0 Å². The maximum atomic E-state index is 3.19. The molecule has 0 spiro atoms. The van der Waals surface area contributed by atoms with E-state index in [9.17, 15) is 0 Å². The summed E-state index contributed by atoms with van der Waals surface area (Å²) < 4.78 is 0. The minimum absolute atomic E-state index is 0. The first kappa shape index (κ1) is 32.5. The normalized spacial score (nSPS) is 13.2. The molecule has 0 aromatic heterocycles. The van der Waals surface area contributed by atoms with Gasteiger partial charge in [-0.25, -0.2) is 22.3 Å². The van der Waals surface area contributed by atoms with Crippen LogP contribution in [-0.2, 0) is 26.2 Å². The van der Waals surface area contributed by atoms with E-state index in [1.807, 2.05) is 28.4 Å². The molecule has 25 heavy (non-hydrogen) atoms. The van der Waals surface area contributed by atoms with Gasteiger partial charge in [-0.05, 0) is 0 Å². The number of benzene rings is 1. The first-order valence-corrected chi connectivity index (χ1v) is 8.07. The van der Waals surface area contributed by atoms with E-state index in [0.717, 1.165) is 12.8 Å². The van der Waals surface area contributed by atoms with Crippen molar-refractivity contribution in [2.75, 3.05) is 0 Å². The summed E-state index contributed by atoms with van der Waals surface area (Å²) in [6.07, 6.45) is 12.8. The van der Waals surface area contributed by atoms with Crippen LogP contribution in [0.2, 0.25) is 0 Å². The predicted molar refractivity (Wildman–Crippen MR) is 117 cm³/mol. The fourth-order valence-electron chi connectivity index (χ4n) is 1.78. The molecule has 1 aromatic rings. The molecule has 2 radical (unpaired) electrons. The number of hydrogen-bond donors (Lipinski definition) is 0. The van der Waals surface area contributed by atoms with E-state index in [-0.39, 0.29) is 58.4 Å². The third kappa shape index (κ3) is 14.7. The van der Waals surface area contributed by atoms with Crippen molar-refractivity contribution in [3.05, 3.63) is 84.4 Å². The van der Waals surface area contributed by atoms with E-state index in [4.69, 9.17) is 0 Å². The van der Waals surface area contributed by atoms with Crippen LogP contribution in [0.4, 0.5) is 0 Å². The zero-order chi connectivity index (χ0) is 15.7. The van der Waals surface area contributed by atoms with Crippen LogP contribution < -0.4 is 5.19 Å². The molecule has 136 valence electrons. The molecule has 1 aromatic carbocycles. The Labute approximate surface area is 190 Å². The van der Waals surface area contributed by atoms with Crippen molar-refractivity contribution < 1.29 is 26.2 Å². The van der Waals surface area contributed by atoms with Crippen LogP contribution in [0.15, 0.2) is 64.8 Å². The zero-order valence-electron chi connectivity index (χ0n) is 16.0. The summed E-state index contributed by atoms with van der Waals surface area (Å²) >= 11 is 0. The van der Waals surface area contributed by atoms with E-state index in [1.165, 1.54) is 27.5 Å². The molecule has 0 heterocycles. The summed E-state index contributed by atoms with van der Waals surface area (Å²) in [5, 5.41) is 1.35. The van der Waals surface area contributed by atoms with Gasteiger partial charge in [-0.15, -0.1) is 51.5 Å². The summed E-state index contributed by atoms with van der Waals surface area (Å²) in [5.74, 6) is 0. The number of halogens is 2. The van der Waals surface area contributed by atoms with Crippen molar-refractivity contribution in [3.8, 4) is 0 Å². The van der Waals surface area contributed by atoms with Gasteiger partial charge in [0.05, 0.1) is 0 Å². The predicted octanol–water partition coefficient (Wildman–Crippen LogP) is 5.41. The van der Waals surface area contributed by atoms with Gasteiger partial charge in [-0.1, -0.05) is 49.4 Å². The molecule has 0 fully saturated rings. The van der Waals surface area contributed by atoms with Crippen molar-refractivity contribution >= 4 is 40.2 Å². The van der Waals surface area contributed by atoms with E-state index in [2.05, 4.69) is 64.1 Å². The van der Waals surface area contributed by atoms with Crippen molar-refractivity contribution in [2.24, 2.45) is 0 Å². The Balaban J connectivity index is -0.000000122. The molecule has 0 aliphatic heterocycles. The zero-order valence-corrected chi connectivity index (χ0v) is 21.5. The summed E-state index contributed by atoms with van der Waals surface area (Å²) in [5.41, 5.74) is 5.42. The van der Waals surface area contributed by atoms with Gasteiger partial charge in [0.1, 0.15) is 0 Å². The Morgan fingerprint density at radius 1 is 0.760 bits per heavy atom. The second-order valence-corrected chi connectivity index (χ2v) is 6.09. The molecular formula is C21H30Cl2SiZr. The van der Waals surface area contributed by atoms with Gasteiger partial charge >= 0.3 is 26.2 Å². The molecule has 0 atom stereocenters. The maximum absolute atomic E-state index is 3.19. The Morgan fingerprint density at radius 2 is 1.12 bits per heavy atom. The summed E-state index contributed by atoms with van der Waals surface area (Å²) in [6.45, 7) is 8.43. The molecule has 0 N–H and O–H groups in total. The van der Waals surface area contributed by atoms with Crippen LogP contribution in [0.5, 0.6) is 0 Å². The first-order chi connectivity index (χ1) is 10.0. The van der Waals surface area contributed by atoms with Crippen LogP contribution >= 0.6 is 24.8 Å². The Morgan fingerprint density at radius 3 is 1.24 bits per heavy atom. The molecule has 2 aliphatic rings. The molecule has 3 rings (SSSR count). The third-order valence-corrected chi connectivity index (χ3v) is 4.05. The van der Waals surface area contributed by atoms with Crippen LogP contribution in [0.1, 0.15) is 40.5 Å². The summed E-state index contributed by atoms with van der Waals surface area (Å²) in [7, 11) is 1.90. The van der Waals surface area contributed by atoms with E-state index in [0.29, 0.717) is 0 Å². The average Bonchev–Trinajstić information content (AvgIpc) is 3.02. The molecule has 0 nitrogen and oxygen atoms in total. The summed E-state index contributed by atoms with van der Waals surface area (Å²) in [4.78, 5) is 0. The standard InChI is InChI=1S/2C7H9.C6H7Si.CH3.2ClH.Zr/c2*1-6-4-3-5-7(6)2;7-6-4-2-1-3-5-6;;;;/h2*4H,3H2,1-2H3;1-5H,7H2;1H3;2*1H;/q2*-1;;-1;;;+3. The Bertz CT molecular complexity index is 507.